The van der Waals surface area contributed by atoms with E-state index in [9.17, 15) is 18.0 Å². The van der Waals surface area contributed by atoms with Gasteiger partial charge in [0.2, 0.25) is 5.91 Å². The van der Waals surface area contributed by atoms with Crippen LogP contribution in [-0.2, 0) is 11.0 Å². The number of hydrogen-bond donors (Lipinski definition) is 1. The summed E-state index contributed by atoms with van der Waals surface area (Å²) < 4.78 is 37.3. The molecule has 0 aromatic heterocycles. The number of halogens is 4. The van der Waals surface area contributed by atoms with Gasteiger partial charge in [-0.3, -0.25) is 4.79 Å². The molecular weight excluding hydrogens is 334 g/mol. The second-order valence-corrected chi connectivity index (χ2v) is 3.97. The van der Waals surface area contributed by atoms with E-state index in [-0.39, 0.29) is 10.3 Å². The van der Waals surface area contributed by atoms with Crippen molar-refractivity contribution in [2.24, 2.45) is 0 Å². The highest BCUT2D eigenvalue weighted by molar-refractivity contribution is 14.1. The molecule has 0 fully saturated rings. The van der Waals surface area contributed by atoms with Crippen molar-refractivity contribution in [2.75, 3.05) is 9.74 Å². The number of rotatable bonds is 2. The highest BCUT2D eigenvalue weighted by Gasteiger charge is 2.30. The summed E-state index contributed by atoms with van der Waals surface area (Å²) in [6.45, 7) is 1.53. The first-order valence-corrected chi connectivity index (χ1v) is 5.91. The molecule has 0 saturated heterocycles. The number of aryl methyl sites for hydroxylation is 1. The standard InChI is InChI=1S/C10H9F3INO/c1-6-4-7(10(11,12)13)2-3-8(6)15-9(16)5-14/h2-4H,5H2,1H3,(H,15,16). The minimum absolute atomic E-state index is 0.233. The zero-order valence-electron chi connectivity index (χ0n) is 8.36. The lowest BCUT2D eigenvalue weighted by Gasteiger charge is -2.11. The molecule has 0 spiro atoms. The van der Waals surface area contributed by atoms with E-state index in [0.29, 0.717) is 11.3 Å². The molecule has 0 atom stereocenters. The van der Waals surface area contributed by atoms with Crippen LogP contribution in [0.15, 0.2) is 18.2 Å². The molecule has 0 saturated carbocycles. The van der Waals surface area contributed by atoms with Crippen molar-refractivity contribution in [1.82, 2.24) is 0 Å². The maximum absolute atomic E-state index is 12.3. The van der Waals surface area contributed by atoms with E-state index in [1.165, 1.54) is 13.0 Å². The fourth-order valence-corrected chi connectivity index (χ4v) is 1.35. The minimum atomic E-state index is -4.35. The Morgan fingerprint density at radius 2 is 2.06 bits per heavy atom. The summed E-state index contributed by atoms with van der Waals surface area (Å²) in [7, 11) is 0. The van der Waals surface area contributed by atoms with Crippen molar-refractivity contribution in [1.29, 1.82) is 0 Å². The molecule has 0 unspecified atom stereocenters. The van der Waals surface area contributed by atoms with Gasteiger partial charge in [-0.2, -0.15) is 13.2 Å². The lowest BCUT2D eigenvalue weighted by molar-refractivity contribution is -0.137. The Kier molecular flexibility index (Phi) is 4.17. The molecule has 16 heavy (non-hydrogen) atoms. The van der Waals surface area contributed by atoms with Crippen LogP contribution < -0.4 is 5.32 Å². The van der Waals surface area contributed by atoms with Crippen molar-refractivity contribution < 1.29 is 18.0 Å². The SMILES string of the molecule is Cc1cc(C(F)(F)F)ccc1NC(=O)CI. The van der Waals surface area contributed by atoms with E-state index in [0.717, 1.165) is 12.1 Å². The summed E-state index contributed by atoms with van der Waals surface area (Å²) in [5.74, 6) is -0.233. The topological polar surface area (TPSA) is 29.1 Å². The second-order valence-electron chi connectivity index (χ2n) is 3.21. The Morgan fingerprint density at radius 1 is 1.44 bits per heavy atom. The van der Waals surface area contributed by atoms with Gasteiger partial charge >= 0.3 is 6.18 Å². The van der Waals surface area contributed by atoms with Crippen LogP contribution in [0.2, 0.25) is 0 Å². The van der Waals surface area contributed by atoms with Gasteiger partial charge in [0.1, 0.15) is 0 Å². The smallest absolute Gasteiger partial charge is 0.325 e. The van der Waals surface area contributed by atoms with Crippen LogP contribution in [0.4, 0.5) is 18.9 Å². The number of amides is 1. The van der Waals surface area contributed by atoms with Crippen LogP contribution in [0.1, 0.15) is 11.1 Å². The Labute approximate surface area is 104 Å². The summed E-state index contributed by atoms with van der Waals surface area (Å²) in [6, 6.07) is 3.24. The van der Waals surface area contributed by atoms with Crippen LogP contribution in [0.3, 0.4) is 0 Å². The lowest BCUT2D eigenvalue weighted by atomic mass is 10.1. The van der Waals surface area contributed by atoms with Gasteiger partial charge in [-0.1, -0.05) is 22.6 Å². The number of hydrogen-bond acceptors (Lipinski definition) is 1. The molecule has 0 aliphatic rings. The van der Waals surface area contributed by atoms with Gasteiger partial charge < -0.3 is 5.32 Å². The summed E-state index contributed by atoms with van der Waals surface area (Å²) in [4.78, 5) is 11.1. The van der Waals surface area contributed by atoms with E-state index in [1.807, 2.05) is 22.6 Å². The lowest BCUT2D eigenvalue weighted by Crippen LogP contribution is -2.14. The van der Waals surface area contributed by atoms with E-state index >= 15 is 0 Å². The van der Waals surface area contributed by atoms with Crippen LogP contribution in [0, 0.1) is 6.92 Å². The fourth-order valence-electron chi connectivity index (χ4n) is 1.16. The molecule has 1 aromatic rings. The predicted octanol–water partition coefficient (Wildman–Crippen LogP) is 3.39. The molecular formula is C10H9F3INO. The number of carbonyl (C=O) groups excluding carboxylic acids is 1. The predicted molar refractivity (Wildman–Crippen MR) is 63.7 cm³/mol. The van der Waals surface area contributed by atoms with E-state index < -0.39 is 11.7 Å². The van der Waals surface area contributed by atoms with Crippen molar-refractivity contribution >= 4 is 34.2 Å². The number of anilines is 1. The molecule has 1 amide bonds. The first kappa shape index (κ1) is 13.3. The van der Waals surface area contributed by atoms with Gasteiger partial charge in [-0.25, -0.2) is 0 Å². The van der Waals surface area contributed by atoms with Crippen molar-refractivity contribution in [3.8, 4) is 0 Å². The quantitative estimate of drug-likeness (QED) is 0.647. The largest absolute Gasteiger partial charge is 0.416 e. The van der Waals surface area contributed by atoms with E-state index in [1.54, 1.807) is 0 Å². The van der Waals surface area contributed by atoms with Gasteiger partial charge in [-0.15, -0.1) is 0 Å². The summed E-state index contributed by atoms with van der Waals surface area (Å²) in [5.41, 5.74) is 0.0974. The van der Waals surface area contributed by atoms with Gasteiger partial charge in [0, 0.05) is 5.69 Å². The summed E-state index contributed by atoms with van der Waals surface area (Å²) in [5, 5.41) is 2.52. The number of carbonyl (C=O) groups is 1. The van der Waals surface area contributed by atoms with Crippen molar-refractivity contribution in [3.05, 3.63) is 29.3 Å². The minimum Gasteiger partial charge on any atom is -0.325 e. The Balaban J connectivity index is 2.96. The number of nitrogens with one attached hydrogen (secondary N) is 1. The second kappa shape index (κ2) is 5.03. The third-order valence-corrected chi connectivity index (χ3v) is 2.64. The summed E-state index contributed by atoms with van der Waals surface area (Å²) >= 11 is 1.88. The molecule has 0 radical (unpaired) electrons. The van der Waals surface area contributed by atoms with E-state index in [2.05, 4.69) is 5.32 Å². The molecule has 1 N–H and O–H groups in total. The molecule has 0 heterocycles. The monoisotopic (exact) mass is 343 g/mol. The molecule has 88 valence electrons. The Hall–Kier alpha value is -0.790. The molecule has 0 aliphatic carbocycles. The third kappa shape index (κ3) is 3.36. The average molecular weight is 343 g/mol. The van der Waals surface area contributed by atoms with Gasteiger partial charge in [0.25, 0.3) is 0 Å². The zero-order valence-corrected chi connectivity index (χ0v) is 10.5. The zero-order chi connectivity index (χ0) is 12.3. The van der Waals surface area contributed by atoms with Gasteiger partial charge in [0.05, 0.1) is 9.99 Å². The normalized spacial score (nSPS) is 11.3. The number of alkyl halides is 4. The highest BCUT2D eigenvalue weighted by atomic mass is 127. The third-order valence-electron chi connectivity index (χ3n) is 1.95. The molecule has 0 bridgehead atoms. The van der Waals surface area contributed by atoms with Crippen LogP contribution in [-0.4, -0.2) is 10.3 Å². The van der Waals surface area contributed by atoms with E-state index in [4.69, 9.17) is 0 Å². The van der Waals surface area contributed by atoms with Crippen LogP contribution in [0.25, 0.3) is 0 Å². The molecule has 6 heteroatoms. The Morgan fingerprint density at radius 3 is 2.50 bits per heavy atom. The van der Waals surface area contributed by atoms with Crippen molar-refractivity contribution in [2.45, 2.75) is 13.1 Å². The Bertz CT molecular complexity index is 404. The molecule has 1 aromatic carbocycles. The van der Waals surface area contributed by atoms with Crippen LogP contribution >= 0.6 is 22.6 Å². The van der Waals surface area contributed by atoms with Crippen molar-refractivity contribution in [3.63, 3.8) is 0 Å². The van der Waals surface area contributed by atoms with Gasteiger partial charge in [0.15, 0.2) is 0 Å². The van der Waals surface area contributed by atoms with Gasteiger partial charge in [-0.05, 0) is 30.7 Å². The highest BCUT2D eigenvalue weighted by Crippen LogP contribution is 2.31. The average Bonchev–Trinajstić information content (AvgIpc) is 2.19. The molecule has 2 nitrogen and oxygen atoms in total. The number of benzene rings is 1. The maximum Gasteiger partial charge on any atom is 0.416 e. The first-order chi connectivity index (χ1) is 7.34. The first-order valence-electron chi connectivity index (χ1n) is 4.38. The fraction of sp³-hybridized carbons (Fsp3) is 0.300. The maximum atomic E-state index is 12.3. The molecule has 1 rings (SSSR count). The summed E-state index contributed by atoms with van der Waals surface area (Å²) in [6.07, 6.45) is -4.35. The van der Waals surface area contributed by atoms with Crippen LogP contribution in [0.5, 0.6) is 0 Å². The molecule has 0 aliphatic heterocycles.